The Balaban J connectivity index is 2.45. The Kier molecular flexibility index (Phi) is 2.84. The molecule has 1 aliphatic heterocycles. The molecule has 11 heavy (non-hydrogen) atoms. The zero-order valence-corrected chi connectivity index (χ0v) is 6.82. The van der Waals surface area contributed by atoms with Crippen LogP contribution < -0.4 is 5.32 Å². The average Bonchev–Trinajstić information content (AvgIpc) is 2.19. The molecule has 1 aliphatic rings. The van der Waals surface area contributed by atoms with Crippen LogP contribution in [0.2, 0.25) is 0 Å². The molecule has 4 nitrogen and oxygen atoms in total. The Labute approximate surface area is 66.2 Å². The third-order valence-electron chi connectivity index (χ3n) is 2.01. The van der Waals surface area contributed by atoms with E-state index in [0.717, 1.165) is 0 Å². The van der Waals surface area contributed by atoms with Gasteiger partial charge in [-0.2, -0.15) is 0 Å². The van der Waals surface area contributed by atoms with Crippen molar-refractivity contribution >= 4 is 0 Å². The van der Waals surface area contributed by atoms with E-state index in [2.05, 4.69) is 5.32 Å². The number of hydrogen-bond donors (Lipinski definition) is 3. The summed E-state index contributed by atoms with van der Waals surface area (Å²) in [5.74, 6) is 0. The molecule has 2 unspecified atom stereocenters. The van der Waals surface area contributed by atoms with E-state index in [-0.39, 0.29) is 12.2 Å². The SMILES string of the molecule is CNC[C@H]1O[C@H](C)C(O)C1O. The van der Waals surface area contributed by atoms with E-state index < -0.39 is 12.2 Å². The van der Waals surface area contributed by atoms with Gasteiger partial charge in [-0.3, -0.25) is 0 Å². The minimum atomic E-state index is -0.752. The maximum absolute atomic E-state index is 9.34. The second-order valence-corrected chi connectivity index (χ2v) is 2.92. The van der Waals surface area contributed by atoms with Gasteiger partial charge in [0.05, 0.1) is 12.2 Å². The predicted molar refractivity (Wildman–Crippen MR) is 40.3 cm³/mol. The molecule has 1 saturated heterocycles. The lowest BCUT2D eigenvalue weighted by molar-refractivity contribution is 0.0182. The Bertz CT molecular complexity index is 131. The number of likely N-dealkylation sites (N-methyl/N-ethyl adjacent to an activating group) is 1. The number of aliphatic hydroxyl groups excluding tert-OH is 2. The molecular weight excluding hydrogens is 146 g/mol. The lowest BCUT2D eigenvalue weighted by atomic mass is 10.1. The highest BCUT2D eigenvalue weighted by Crippen LogP contribution is 2.19. The molecule has 0 spiro atoms. The molecule has 4 atom stereocenters. The summed E-state index contributed by atoms with van der Waals surface area (Å²) in [5.41, 5.74) is 0. The fourth-order valence-corrected chi connectivity index (χ4v) is 1.30. The Morgan fingerprint density at radius 3 is 2.36 bits per heavy atom. The molecule has 1 fully saturated rings. The lowest BCUT2D eigenvalue weighted by Gasteiger charge is -2.13. The van der Waals surface area contributed by atoms with Crippen LogP contribution in [-0.2, 0) is 4.74 Å². The second-order valence-electron chi connectivity index (χ2n) is 2.92. The van der Waals surface area contributed by atoms with Gasteiger partial charge in [0, 0.05) is 6.54 Å². The van der Waals surface area contributed by atoms with E-state index in [4.69, 9.17) is 4.74 Å². The predicted octanol–water partition coefficient (Wildman–Crippen LogP) is -1.29. The minimum Gasteiger partial charge on any atom is -0.388 e. The summed E-state index contributed by atoms with van der Waals surface area (Å²) >= 11 is 0. The van der Waals surface area contributed by atoms with Crippen molar-refractivity contribution in [3.8, 4) is 0 Å². The fraction of sp³-hybridized carbons (Fsp3) is 1.00. The van der Waals surface area contributed by atoms with Gasteiger partial charge in [-0.1, -0.05) is 0 Å². The molecule has 1 heterocycles. The minimum absolute atomic E-state index is 0.261. The van der Waals surface area contributed by atoms with Gasteiger partial charge < -0.3 is 20.3 Å². The molecule has 0 radical (unpaired) electrons. The fourth-order valence-electron chi connectivity index (χ4n) is 1.30. The normalized spacial score (nSPS) is 44.7. The number of hydrogen-bond acceptors (Lipinski definition) is 4. The van der Waals surface area contributed by atoms with Crippen LogP contribution in [0.25, 0.3) is 0 Å². The first-order valence-electron chi connectivity index (χ1n) is 3.83. The summed E-state index contributed by atoms with van der Waals surface area (Å²) in [6, 6.07) is 0. The molecule has 1 rings (SSSR count). The van der Waals surface area contributed by atoms with Crippen LogP contribution in [-0.4, -0.2) is 48.2 Å². The van der Waals surface area contributed by atoms with Crippen molar-refractivity contribution < 1.29 is 14.9 Å². The molecule has 0 bridgehead atoms. The maximum atomic E-state index is 9.34. The van der Waals surface area contributed by atoms with Crippen molar-refractivity contribution in [1.29, 1.82) is 0 Å². The summed E-state index contributed by atoms with van der Waals surface area (Å²) in [4.78, 5) is 0. The smallest absolute Gasteiger partial charge is 0.110 e. The maximum Gasteiger partial charge on any atom is 0.110 e. The van der Waals surface area contributed by atoms with Crippen molar-refractivity contribution in [2.24, 2.45) is 0 Å². The van der Waals surface area contributed by atoms with Crippen LogP contribution in [0, 0.1) is 0 Å². The number of aliphatic hydroxyl groups is 2. The van der Waals surface area contributed by atoms with E-state index in [0.29, 0.717) is 6.54 Å². The van der Waals surface area contributed by atoms with Crippen LogP contribution in [0.5, 0.6) is 0 Å². The Morgan fingerprint density at radius 1 is 1.36 bits per heavy atom. The summed E-state index contributed by atoms with van der Waals surface area (Å²) in [6.07, 6.45) is -2.03. The van der Waals surface area contributed by atoms with Gasteiger partial charge in [0.2, 0.25) is 0 Å². The van der Waals surface area contributed by atoms with Crippen LogP contribution >= 0.6 is 0 Å². The van der Waals surface area contributed by atoms with Crippen molar-refractivity contribution in [3.63, 3.8) is 0 Å². The quantitative estimate of drug-likeness (QED) is 0.472. The van der Waals surface area contributed by atoms with Gasteiger partial charge in [0.1, 0.15) is 12.2 Å². The Hall–Kier alpha value is -0.160. The lowest BCUT2D eigenvalue weighted by Crippen LogP contribution is -2.36. The third kappa shape index (κ3) is 1.70. The average molecular weight is 161 g/mol. The first-order valence-corrected chi connectivity index (χ1v) is 3.83. The van der Waals surface area contributed by atoms with Crippen molar-refractivity contribution in [3.05, 3.63) is 0 Å². The molecular formula is C7H15NO3. The molecule has 0 aromatic rings. The van der Waals surface area contributed by atoms with E-state index in [9.17, 15) is 10.2 Å². The van der Waals surface area contributed by atoms with Gasteiger partial charge in [0.15, 0.2) is 0 Å². The van der Waals surface area contributed by atoms with Crippen LogP contribution in [0.3, 0.4) is 0 Å². The third-order valence-corrected chi connectivity index (χ3v) is 2.01. The van der Waals surface area contributed by atoms with Gasteiger partial charge in [-0.25, -0.2) is 0 Å². The highest BCUT2D eigenvalue weighted by atomic mass is 16.5. The van der Waals surface area contributed by atoms with Crippen molar-refractivity contribution in [1.82, 2.24) is 5.32 Å². The van der Waals surface area contributed by atoms with E-state index in [1.807, 2.05) is 0 Å². The van der Waals surface area contributed by atoms with Crippen LogP contribution in [0.1, 0.15) is 6.92 Å². The van der Waals surface area contributed by atoms with Crippen LogP contribution in [0.4, 0.5) is 0 Å². The first kappa shape index (κ1) is 8.93. The molecule has 4 heteroatoms. The standard InChI is InChI=1S/C7H15NO3/c1-4-6(9)7(10)5(11-4)3-8-2/h4-10H,3H2,1-2H3/t4-,5-,6?,7?/m1/s1. The second kappa shape index (κ2) is 3.49. The van der Waals surface area contributed by atoms with Crippen molar-refractivity contribution in [2.45, 2.75) is 31.3 Å². The van der Waals surface area contributed by atoms with Crippen LogP contribution in [0.15, 0.2) is 0 Å². The molecule has 3 N–H and O–H groups in total. The molecule has 0 saturated carbocycles. The molecule has 0 aliphatic carbocycles. The van der Waals surface area contributed by atoms with Gasteiger partial charge in [-0.05, 0) is 14.0 Å². The summed E-state index contributed by atoms with van der Waals surface area (Å²) in [7, 11) is 1.78. The number of nitrogens with one attached hydrogen (secondary N) is 1. The van der Waals surface area contributed by atoms with Gasteiger partial charge in [0.25, 0.3) is 0 Å². The summed E-state index contributed by atoms with van der Waals surface area (Å²) < 4.78 is 5.26. The molecule has 66 valence electrons. The highest BCUT2D eigenvalue weighted by molar-refractivity contribution is 4.88. The topological polar surface area (TPSA) is 61.7 Å². The van der Waals surface area contributed by atoms with Gasteiger partial charge >= 0.3 is 0 Å². The summed E-state index contributed by atoms with van der Waals surface area (Å²) in [5, 5.41) is 21.5. The molecule has 0 amide bonds. The van der Waals surface area contributed by atoms with E-state index in [1.54, 1.807) is 14.0 Å². The zero-order chi connectivity index (χ0) is 8.43. The number of rotatable bonds is 2. The van der Waals surface area contributed by atoms with Gasteiger partial charge in [-0.15, -0.1) is 0 Å². The largest absolute Gasteiger partial charge is 0.388 e. The molecule has 0 aromatic heterocycles. The summed E-state index contributed by atoms with van der Waals surface area (Å²) in [6.45, 7) is 2.33. The first-order chi connectivity index (χ1) is 5.16. The highest BCUT2D eigenvalue weighted by Gasteiger charge is 2.39. The van der Waals surface area contributed by atoms with E-state index in [1.165, 1.54) is 0 Å². The van der Waals surface area contributed by atoms with E-state index >= 15 is 0 Å². The van der Waals surface area contributed by atoms with Crippen molar-refractivity contribution in [2.75, 3.05) is 13.6 Å². The zero-order valence-electron chi connectivity index (χ0n) is 6.82. The monoisotopic (exact) mass is 161 g/mol. The Morgan fingerprint density at radius 2 is 2.00 bits per heavy atom. The number of ether oxygens (including phenoxy) is 1. The molecule has 0 aromatic carbocycles.